The van der Waals surface area contributed by atoms with Crippen LogP contribution in [0.2, 0.25) is 0 Å². The molecule has 1 aromatic heterocycles. The molecule has 0 saturated heterocycles. The number of benzene rings is 1. The Bertz CT molecular complexity index is 648. The van der Waals surface area contributed by atoms with Gasteiger partial charge in [-0.25, -0.2) is 4.79 Å². The number of hydrogen-bond donors (Lipinski definition) is 1. The summed E-state index contributed by atoms with van der Waals surface area (Å²) >= 11 is 2.14. The number of para-hydroxylation sites is 1. The van der Waals surface area contributed by atoms with Crippen molar-refractivity contribution in [2.45, 2.75) is 11.4 Å². The molecular weight excluding hydrogens is 345 g/mol. The Labute approximate surface area is 117 Å². The minimum atomic E-state index is -0.559. The summed E-state index contributed by atoms with van der Waals surface area (Å²) < 4.78 is 5.52. The number of carbonyl (C=O) groups is 1. The third-order valence-electron chi connectivity index (χ3n) is 2.64. The van der Waals surface area contributed by atoms with E-state index in [4.69, 9.17) is 4.74 Å². The fourth-order valence-corrected chi connectivity index (χ4v) is 2.66. The van der Waals surface area contributed by atoms with E-state index in [1.54, 1.807) is 6.92 Å². The molecule has 1 heterocycles. The van der Waals surface area contributed by atoms with Crippen molar-refractivity contribution in [1.29, 1.82) is 0 Å². The molecule has 0 fully saturated rings. The van der Waals surface area contributed by atoms with E-state index in [1.165, 1.54) is 0 Å². The fourth-order valence-electron chi connectivity index (χ4n) is 1.87. The highest BCUT2D eigenvalue weighted by molar-refractivity contribution is 14.1. The lowest BCUT2D eigenvalue weighted by Crippen LogP contribution is -2.22. The number of esters is 1. The van der Waals surface area contributed by atoms with Crippen molar-refractivity contribution in [2.75, 3.05) is 6.61 Å². The zero-order chi connectivity index (χ0) is 13.1. The maximum absolute atomic E-state index is 12.0. The molecule has 0 aliphatic rings. The molecule has 0 radical (unpaired) electrons. The third-order valence-corrected chi connectivity index (χ3v) is 3.41. The first-order valence-electron chi connectivity index (χ1n) is 5.56. The standard InChI is InChI=1S/C13H12INO3/c1-2-18-13(17)11-9(7-14)8-5-3-4-6-10(8)15-12(11)16/h3-6H,2,7H2,1H3,(H,15,16). The summed E-state index contributed by atoms with van der Waals surface area (Å²) in [4.78, 5) is 26.5. The molecule has 2 aromatic rings. The van der Waals surface area contributed by atoms with Crippen LogP contribution >= 0.6 is 22.6 Å². The second kappa shape index (κ2) is 5.51. The molecule has 0 spiro atoms. The lowest BCUT2D eigenvalue weighted by molar-refractivity contribution is 0.0523. The van der Waals surface area contributed by atoms with Gasteiger partial charge < -0.3 is 9.72 Å². The van der Waals surface area contributed by atoms with Crippen molar-refractivity contribution < 1.29 is 9.53 Å². The van der Waals surface area contributed by atoms with Crippen molar-refractivity contribution in [1.82, 2.24) is 4.98 Å². The molecule has 0 amide bonds. The van der Waals surface area contributed by atoms with Crippen LogP contribution in [-0.2, 0) is 9.16 Å². The van der Waals surface area contributed by atoms with Crippen LogP contribution in [0.4, 0.5) is 0 Å². The molecule has 94 valence electrons. The third kappa shape index (κ3) is 2.27. The van der Waals surface area contributed by atoms with E-state index in [1.807, 2.05) is 24.3 Å². The zero-order valence-electron chi connectivity index (χ0n) is 9.83. The molecule has 1 aromatic carbocycles. The molecule has 0 aliphatic heterocycles. The van der Waals surface area contributed by atoms with Crippen LogP contribution in [0, 0.1) is 0 Å². The second-order valence-electron chi connectivity index (χ2n) is 3.71. The Kier molecular flexibility index (Phi) is 4.00. The number of alkyl halides is 1. The zero-order valence-corrected chi connectivity index (χ0v) is 12.0. The molecule has 18 heavy (non-hydrogen) atoms. The maximum atomic E-state index is 12.0. The van der Waals surface area contributed by atoms with E-state index in [2.05, 4.69) is 27.6 Å². The van der Waals surface area contributed by atoms with E-state index < -0.39 is 5.97 Å². The highest BCUT2D eigenvalue weighted by Gasteiger charge is 2.19. The summed E-state index contributed by atoms with van der Waals surface area (Å²) in [5.74, 6) is -0.559. The molecule has 0 aliphatic carbocycles. The van der Waals surface area contributed by atoms with Crippen molar-refractivity contribution >= 4 is 39.5 Å². The Balaban J connectivity index is 2.76. The van der Waals surface area contributed by atoms with E-state index in [0.29, 0.717) is 4.43 Å². The smallest absolute Gasteiger partial charge is 0.344 e. The van der Waals surface area contributed by atoms with Crippen LogP contribution < -0.4 is 5.56 Å². The molecule has 5 heteroatoms. The highest BCUT2D eigenvalue weighted by atomic mass is 127. The normalized spacial score (nSPS) is 10.6. The topological polar surface area (TPSA) is 59.2 Å². The van der Waals surface area contributed by atoms with Gasteiger partial charge in [0.25, 0.3) is 5.56 Å². The number of nitrogens with one attached hydrogen (secondary N) is 1. The van der Waals surface area contributed by atoms with Gasteiger partial charge in [0.2, 0.25) is 0 Å². The second-order valence-corrected chi connectivity index (χ2v) is 4.47. The van der Waals surface area contributed by atoms with Gasteiger partial charge in [-0.15, -0.1) is 0 Å². The average molecular weight is 357 g/mol. The number of rotatable bonds is 3. The Morgan fingerprint density at radius 1 is 1.39 bits per heavy atom. The SMILES string of the molecule is CCOC(=O)c1c(CI)c2ccccc2[nH]c1=O. The lowest BCUT2D eigenvalue weighted by Gasteiger charge is -2.09. The molecule has 0 atom stereocenters. The van der Waals surface area contributed by atoms with Gasteiger partial charge in [-0.3, -0.25) is 4.79 Å². The number of carbonyl (C=O) groups excluding carboxylic acids is 1. The molecular formula is C13H12INO3. The Hall–Kier alpha value is -1.37. The quantitative estimate of drug-likeness (QED) is 0.522. The number of ether oxygens (including phenoxy) is 1. The summed E-state index contributed by atoms with van der Waals surface area (Å²) in [7, 11) is 0. The molecule has 0 bridgehead atoms. The van der Waals surface area contributed by atoms with Gasteiger partial charge in [-0.05, 0) is 18.6 Å². The number of pyridine rings is 1. The number of aromatic nitrogens is 1. The fraction of sp³-hybridized carbons (Fsp3) is 0.231. The van der Waals surface area contributed by atoms with Gasteiger partial charge >= 0.3 is 5.97 Å². The van der Waals surface area contributed by atoms with Gasteiger partial charge in [0, 0.05) is 15.3 Å². The molecule has 2 rings (SSSR count). The van der Waals surface area contributed by atoms with Crippen LogP contribution in [-0.4, -0.2) is 17.6 Å². The van der Waals surface area contributed by atoms with E-state index in [0.717, 1.165) is 16.5 Å². The summed E-state index contributed by atoms with van der Waals surface area (Å²) in [6.07, 6.45) is 0. The van der Waals surface area contributed by atoms with Crippen LogP contribution in [0.3, 0.4) is 0 Å². The largest absolute Gasteiger partial charge is 0.462 e. The molecule has 0 saturated carbocycles. The summed E-state index contributed by atoms with van der Waals surface area (Å²) in [6, 6.07) is 7.44. The van der Waals surface area contributed by atoms with E-state index >= 15 is 0 Å². The van der Waals surface area contributed by atoms with Gasteiger partial charge in [-0.2, -0.15) is 0 Å². The van der Waals surface area contributed by atoms with Crippen LogP contribution in [0.1, 0.15) is 22.8 Å². The van der Waals surface area contributed by atoms with Crippen LogP contribution in [0.15, 0.2) is 29.1 Å². The maximum Gasteiger partial charge on any atom is 0.344 e. The van der Waals surface area contributed by atoms with E-state index in [9.17, 15) is 9.59 Å². The van der Waals surface area contributed by atoms with Gasteiger partial charge in [-0.1, -0.05) is 40.8 Å². The predicted molar refractivity (Wildman–Crippen MR) is 78.2 cm³/mol. The molecule has 0 unspecified atom stereocenters. The number of aromatic amines is 1. The number of hydrogen-bond acceptors (Lipinski definition) is 3. The number of H-pyrrole nitrogens is 1. The Morgan fingerprint density at radius 3 is 2.78 bits per heavy atom. The highest BCUT2D eigenvalue weighted by Crippen LogP contribution is 2.21. The average Bonchev–Trinajstić information content (AvgIpc) is 2.37. The van der Waals surface area contributed by atoms with Gasteiger partial charge in [0.15, 0.2) is 0 Å². The lowest BCUT2D eigenvalue weighted by atomic mass is 10.1. The monoisotopic (exact) mass is 357 g/mol. The van der Waals surface area contributed by atoms with Crippen molar-refractivity contribution in [2.24, 2.45) is 0 Å². The van der Waals surface area contributed by atoms with E-state index in [-0.39, 0.29) is 17.7 Å². The first kappa shape index (κ1) is 13.1. The first-order chi connectivity index (χ1) is 8.69. The first-order valence-corrected chi connectivity index (χ1v) is 7.08. The van der Waals surface area contributed by atoms with Crippen molar-refractivity contribution in [3.8, 4) is 0 Å². The van der Waals surface area contributed by atoms with Gasteiger partial charge in [0.05, 0.1) is 6.61 Å². The minimum absolute atomic E-state index is 0.116. The molecule has 1 N–H and O–H groups in total. The summed E-state index contributed by atoms with van der Waals surface area (Å²) in [6.45, 7) is 1.97. The van der Waals surface area contributed by atoms with Crippen LogP contribution in [0.5, 0.6) is 0 Å². The van der Waals surface area contributed by atoms with Crippen LogP contribution in [0.25, 0.3) is 10.9 Å². The predicted octanol–water partition coefficient (Wildman–Crippen LogP) is 2.64. The summed E-state index contributed by atoms with van der Waals surface area (Å²) in [5, 5.41) is 0.884. The minimum Gasteiger partial charge on any atom is -0.462 e. The van der Waals surface area contributed by atoms with Crippen molar-refractivity contribution in [3.05, 3.63) is 45.7 Å². The van der Waals surface area contributed by atoms with Crippen molar-refractivity contribution in [3.63, 3.8) is 0 Å². The Morgan fingerprint density at radius 2 is 2.11 bits per heavy atom. The summed E-state index contributed by atoms with van der Waals surface area (Å²) in [5.41, 5.74) is 1.19. The van der Waals surface area contributed by atoms with Gasteiger partial charge in [0.1, 0.15) is 5.56 Å². The number of halogens is 1. The molecule has 4 nitrogen and oxygen atoms in total. The number of fused-ring (bicyclic) bond motifs is 1.